The molecular formula is C8H14N2O6S. The lowest BCUT2D eigenvalue weighted by Crippen LogP contribution is -2.46. The SMILES string of the molecule is COC(=O)NS(=O)(=O)NC(CC(=O)O)C1CC1. The largest absolute Gasteiger partial charge is 0.481 e. The monoisotopic (exact) mass is 266 g/mol. The molecule has 1 aliphatic rings. The average Bonchev–Trinajstić information content (AvgIpc) is 2.97. The number of carbonyl (C=O) groups is 2. The van der Waals surface area contributed by atoms with Crippen molar-refractivity contribution in [2.24, 2.45) is 5.92 Å². The van der Waals surface area contributed by atoms with E-state index >= 15 is 0 Å². The second kappa shape index (κ2) is 5.32. The number of ether oxygens (including phenoxy) is 1. The van der Waals surface area contributed by atoms with Gasteiger partial charge in [-0.15, -0.1) is 0 Å². The van der Waals surface area contributed by atoms with Crippen LogP contribution in [-0.2, 0) is 19.7 Å². The number of hydrogen-bond acceptors (Lipinski definition) is 5. The molecule has 0 bridgehead atoms. The maximum absolute atomic E-state index is 11.4. The fourth-order valence-corrected chi connectivity index (χ4v) is 2.41. The van der Waals surface area contributed by atoms with E-state index in [9.17, 15) is 18.0 Å². The topological polar surface area (TPSA) is 122 Å². The maximum atomic E-state index is 11.4. The Balaban J connectivity index is 2.59. The Kier molecular flexibility index (Phi) is 4.29. The van der Waals surface area contributed by atoms with Gasteiger partial charge in [0.05, 0.1) is 13.5 Å². The number of nitrogens with one attached hydrogen (secondary N) is 2. The highest BCUT2D eigenvalue weighted by Crippen LogP contribution is 2.34. The van der Waals surface area contributed by atoms with Gasteiger partial charge in [-0.2, -0.15) is 13.1 Å². The molecular weight excluding hydrogens is 252 g/mol. The van der Waals surface area contributed by atoms with E-state index in [1.807, 2.05) is 0 Å². The van der Waals surface area contributed by atoms with E-state index in [1.165, 1.54) is 0 Å². The Hall–Kier alpha value is -1.35. The van der Waals surface area contributed by atoms with E-state index in [4.69, 9.17) is 5.11 Å². The van der Waals surface area contributed by atoms with E-state index in [0.717, 1.165) is 20.0 Å². The minimum absolute atomic E-state index is 0.0142. The van der Waals surface area contributed by atoms with Gasteiger partial charge in [-0.25, -0.2) is 9.52 Å². The molecule has 0 saturated heterocycles. The molecule has 1 fully saturated rings. The van der Waals surface area contributed by atoms with Crippen LogP contribution in [0.15, 0.2) is 0 Å². The fraction of sp³-hybridized carbons (Fsp3) is 0.750. The Morgan fingerprint density at radius 2 is 2.06 bits per heavy atom. The van der Waals surface area contributed by atoms with Crippen LogP contribution in [0.5, 0.6) is 0 Å². The summed E-state index contributed by atoms with van der Waals surface area (Å²) in [6.45, 7) is 0. The summed E-state index contributed by atoms with van der Waals surface area (Å²) in [5, 5.41) is 8.64. The smallest absolute Gasteiger partial charge is 0.421 e. The zero-order valence-corrected chi connectivity index (χ0v) is 9.99. The van der Waals surface area contributed by atoms with Crippen molar-refractivity contribution < 1.29 is 27.9 Å². The average molecular weight is 266 g/mol. The summed E-state index contributed by atoms with van der Waals surface area (Å²) in [5.41, 5.74) is 0. The zero-order chi connectivity index (χ0) is 13.1. The molecule has 0 spiro atoms. The van der Waals surface area contributed by atoms with Crippen molar-refractivity contribution in [2.45, 2.75) is 25.3 Å². The number of carboxylic acids is 1. The Morgan fingerprint density at radius 3 is 2.47 bits per heavy atom. The van der Waals surface area contributed by atoms with E-state index in [1.54, 1.807) is 4.72 Å². The predicted octanol–water partition coefficient (Wildman–Crippen LogP) is -0.570. The quantitative estimate of drug-likeness (QED) is 0.592. The number of carbonyl (C=O) groups excluding carboxylic acids is 1. The Labute approximate surface area is 98.5 Å². The maximum Gasteiger partial charge on any atom is 0.421 e. The summed E-state index contributed by atoms with van der Waals surface area (Å²) >= 11 is 0. The van der Waals surface area contributed by atoms with Crippen LogP contribution >= 0.6 is 0 Å². The second-order valence-corrected chi connectivity index (χ2v) is 5.20. The molecule has 3 N–H and O–H groups in total. The van der Waals surface area contributed by atoms with Gasteiger partial charge in [0, 0.05) is 6.04 Å². The number of methoxy groups -OCH3 is 1. The van der Waals surface area contributed by atoms with Crippen LogP contribution in [0.3, 0.4) is 0 Å². The molecule has 0 aromatic carbocycles. The van der Waals surface area contributed by atoms with Gasteiger partial charge in [0.2, 0.25) is 0 Å². The van der Waals surface area contributed by atoms with Gasteiger partial charge in [0.15, 0.2) is 0 Å². The lowest BCUT2D eigenvalue weighted by atomic mass is 10.1. The molecule has 8 nitrogen and oxygen atoms in total. The second-order valence-electron chi connectivity index (χ2n) is 3.76. The molecule has 0 aromatic heterocycles. The molecule has 0 radical (unpaired) electrons. The van der Waals surface area contributed by atoms with E-state index in [-0.39, 0.29) is 12.3 Å². The number of aliphatic carboxylic acids is 1. The molecule has 1 unspecified atom stereocenters. The van der Waals surface area contributed by atoms with E-state index in [0.29, 0.717) is 0 Å². The number of carboxylic acid groups (broad SMARTS) is 1. The van der Waals surface area contributed by atoms with Crippen LogP contribution in [0.2, 0.25) is 0 Å². The van der Waals surface area contributed by atoms with E-state index < -0.39 is 28.3 Å². The van der Waals surface area contributed by atoms with Crippen molar-refractivity contribution in [2.75, 3.05) is 7.11 Å². The summed E-state index contributed by atoms with van der Waals surface area (Å²) in [4.78, 5) is 21.3. The highest BCUT2D eigenvalue weighted by Gasteiger charge is 2.35. The summed E-state index contributed by atoms with van der Waals surface area (Å²) in [7, 11) is -3.05. The third-order valence-electron chi connectivity index (χ3n) is 2.30. The molecule has 98 valence electrons. The summed E-state index contributed by atoms with van der Waals surface area (Å²) < 4.78 is 30.7. The summed E-state index contributed by atoms with van der Waals surface area (Å²) in [6, 6.07) is -0.699. The molecule has 0 heterocycles. The molecule has 0 aliphatic heterocycles. The van der Waals surface area contributed by atoms with Gasteiger partial charge in [0.25, 0.3) is 0 Å². The Morgan fingerprint density at radius 1 is 1.47 bits per heavy atom. The van der Waals surface area contributed by atoms with Crippen molar-refractivity contribution in [1.29, 1.82) is 0 Å². The van der Waals surface area contributed by atoms with Gasteiger partial charge in [-0.1, -0.05) is 0 Å². The van der Waals surface area contributed by atoms with Crippen LogP contribution < -0.4 is 9.44 Å². The highest BCUT2D eigenvalue weighted by atomic mass is 32.2. The van der Waals surface area contributed by atoms with Gasteiger partial charge < -0.3 is 9.84 Å². The lowest BCUT2D eigenvalue weighted by Gasteiger charge is -2.16. The normalized spacial score (nSPS) is 17.2. The Bertz CT molecular complexity index is 402. The number of hydrogen-bond donors (Lipinski definition) is 3. The third kappa shape index (κ3) is 5.00. The van der Waals surface area contributed by atoms with E-state index in [2.05, 4.69) is 9.46 Å². The van der Waals surface area contributed by atoms with Crippen LogP contribution in [0.4, 0.5) is 4.79 Å². The first-order valence-corrected chi connectivity index (χ1v) is 6.42. The lowest BCUT2D eigenvalue weighted by molar-refractivity contribution is -0.137. The number of amides is 1. The van der Waals surface area contributed by atoms with Crippen molar-refractivity contribution >= 4 is 22.3 Å². The van der Waals surface area contributed by atoms with Gasteiger partial charge >= 0.3 is 22.3 Å². The molecule has 1 aliphatic carbocycles. The molecule has 0 aromatic rings. The minimum atomic E-state index is -4.08. The predicted molar refractivity (Wildman–Crippen MR) is 56.4 cm³/mol. The third-order valence-corrected chi connectivity index (χ3v) is 3.34. The standard InChI is InChI=1S/C8H14N2O6S/c1-16-8(13)10-17(14,15)9-6(4-7(11)12)5-2-3-5/h5-6,9H,2-4H2,1H3,(H,10,13)(H,11,12). The fourth-order valence-electron chi connectivity index (χ4n) is 1.37. The first-order chi connectivity index (χ1) is 7.84. The number of rotatable bonds is 6. The van der Waals surface area contributed by atoms with Crippen LogP contribution in [-0.4, -0.2) is 38.7 Å². The summed E-state index contributed by atoms with van der Waals surface area (Å²) in [6.07, 6.45) is 0.117. The van der Waals surface area contributed by atoms with Crippen LogP contribution in [0.1, 0.15) is 19.3 Å². The molecule has 1 amide bonds. The van der Waals surface area contributed by atoms with Crippen molar-refractivity contribution in [3.8, 4) is 0 Å². The molecule has 17 heavy (non-hydrogen) atoms. The van der Waals surface area contributed by atoms with Crippen molar-refractivity contribution in [1.82, 2.24) is 9.44 Å². The molecule has 1 saturated carbocycles. The van der Waals surface area contributed by atoms with Crippen LogP contribution in [0, 0.1) is 5.92 Å². The van der Waals surface area contributed by atoms with Gasteiger partial charge in [0.1, 0.15) is 0 Å². The first-order valence-electron chi connectivity index (χ1n) is 4.94. The minimum Gasteiger partial charge on any atom is -0.481 e. The highest BCUT2D eigenvalue weighted by molar-refractivity contribution is 7.88. The van der Waals surface area contributed by atoms with Crippen molar-refractivity contribution in [3.63, 3.8) is 0 Å². The van der Waals surface area contributed by atoms with Crippen LogP contribution in [0.25, 0.3) is 0 Å². The van der Waals surface area contributed by atoms with Crippen molar-refractivity contribution in [3.05, 3.63) is 0 Å². The molecule has 1 rings (SSSR count). The van der Waals surface area contributed by atoms with Gasteiger partial charge in [-0.05, 0) is 18.8 Å². The zero-order valence-electron chi connectivity index (χ0n) is 9.17. The molecule has 9 heteroatoms. The molecule has 1 atom stereocenters. The first kappa shape index (κ1) is 13.7. The summed E-state index contributed by atoms with van der Waals surface area (Å²) in [5.74, 6) is -1.08. The van der Waals surface area contributed by atoms with Gasteiger partial charge in [-0.3, -0.25) is 4.79 Å².